The minimum atomic E-state index is -0.348. The molecule has 0 aliphatic rings. The molecule has 1 heterocycles. The first kappa shape index (κ1) is 32.0. The zero-order valence-corrected chi connectivity index (χ0v) is 24.4. The predicted molar refractivity (Wildman–Crippen MR) is 164 cm³/mol. The van der Waals surface area contributed by atoms with E-state index in [4.69, 9.17) is 14.7 Å². The fraction of sp³-hybridized carbons (Fsp3) is 0.235. The van der Waals surface area contributed by atoms with E-state index < -0.39 is 0 Å². The first-order valence-corrected chi connectivity index (χ1v) is 13.8. The molecule has 0 amide bonds. The van der Waals surface area contributed by atoms with Crippen molar-refractivity contribution in [2.75, 3.05) is 13.2 Å². The molecule has 0 saturated carbocycles. The molecule has 4 aromatic rings. The van der Waals surface area contributed by atoms with Gasteiger partial charge in [-0.2, -0.15) is 5.10 Å². The third-order valence-corrected chi connectivity index (χ3v) is 6.42. The van der Waals surface area contributed by atoms with E-state index in [0.29, 0.717) is 41.2 Å². The summed E-state index contributed by atoms with van der Waals surface area (Å²) in [6.45, 7) is 5.17. The van der Waals surface area contributed by atoms with Crippen molar-refractivity contribution in [1.82, 2.24) is 9.78 Å². The maximum Gasteiger partial charge on any atom is 0.226 e. The molecule has 6 nitrogen and oxygen atoms in total. The Labute approximate surface area is 246 Å². The van der Waals surface area contributed by atoms with E-state index in [9.17, 15) is 8.78 Å². The summed E-state index contributed by atoms with van der Waals surface area (Å²) in [5, 5.41) is 15.9. The third-order valence-electron chi connectivity index (χ3n) is 6.42. The summed E-state index contributed by atoms with van der Waals surface area (Å²) >= 11 is 0. The van der Waals surface area contributed by atoms with Crippen LogP contribution in [0.4, 0.5) is 8.78 Å². The van der Waals surface area contributed by atoms with Gasteiger partial charge in [0.05, 0.1) is 30.7 Å². The van der Waals surface area contributed by atoms with E-state index in [0.717, 1.165) is 16.8 Å². The summed E-state index contributed by atoms with van der Waals surface area (Å²) < 4.78 is 41.5. The average Bonchev–Trinajstić information content (AvgIpc) is 3.27. The van der Waals surface area contributed by atoms with E-state index >= 15 is 0 Å². The second-order valence-corrected chi connectivity index (χ2v) is 9.29. The van der Waals surface area contributed by atoms with E-state index in [-0.39, 0.29) is 24.9 Å². The molecule has 42 heavy (non-hydrogen) atoms. The lowest BCUT2D eigenvalue weighted by atomic mass is 10.0. The summed E-state index contributed by atoms with van der Waals surface area (Å²) in [4.78, 5) is 0. The number of ether oxygens (including phenoxy) is 2. The smallest absolute Gasteiger partial charge is 0.226 e. The quantitative estimate of drug-likeness (QED) is 0.111. The number of halogens is 2. The highest BCUT2D eigenvalue weighted by Gasteiger charge is 2.14. The highest BCUT2D eigenvalue weighted by atomic mass is 19.1. The van der Waals surface area contributed by atoms with Crippen LogP contribution in [0.3, 0.4) is 0 Å². The molecule has 0 atom stereocenters. The topological polar surface area (TPSA) is 68.9 Å². The molecule has 0 radical (unpaired) electrons. The molecule has 1 aromatic heterocycles. The molecular formula is C34H37F2N3O3. The molecule has 0 unspecified atom stereocenters. The molecule has 8 heteroatoms. The van der Waals surface area contributed by atoms with Gasteiger partial charge in [0.1, 0.15) is 17.4 Å². The molecule has 3 aromatic carbocycles. The molecule has 0 aliphatic carbocycles. The second-order valence-electron chi connectivity index (χ2n) is 9.29. The first-order chi connectivity index (χ1) is 20.4. The Morgan fingerprint density at radius 3 is 1.69 bits per heavy atom. The number of allylic oxidation sites excluding steroid dienone is 2. The van der Waals surface area contributed by atoms with E-state index in [1.165, 1.54) is 6.21 Å². The van der Waals surface area contributed by atoms with Gasteiger partial charge in [-0.25, -0.2) is 13.5 Å². The number of para-hydroxylation sites is 1. The van der Waals surface area contributed by atoms with Gasteiger partial charge in [-0.15, -0.1) is 0 Å². The number of aryl methyl sites for hydroxylation is 2. The van der Waals surface area contributed by atoms with Crippen molar-refractivity contribution >= 4 is 17.4 Å². The van der Waals surface area contributed by atoms with Crippen molar-refractivity contribution in [3.8, 4) is 11.6 Å². The largest absolute Gasteiger partial charge is 0.439 e. The van der Waals surface area contributed by atoms with Crippen molar-refractivity contribution in [3.05, 3.63) is 125 Å². The van der Waals surface area contributed by atoms with Gasteiger partial charge in [-0.1, -0.05) is 97.9 Å². The van der Waals surface area contributed by atoms with E-state index in [1.54, 1.807) is 11.7 Å². The molecule has 0 fully saturated rings. The Balaban J connectivity index is 0.000000247. The van der Waals surface area contributed by atoms with Gasteiger partial charge in [0.15, 0.2) is 0 Å². The van der Waals surface area contributed by atoms with Crippen LogP contribution in [-0.4, -0.2) is 34.4 Å². The summed E-state index contributed by atoms with van der Waals surface area (Å²) in [7, 11) is 1.78. The van der Waals surface area contributed by atoms with E-state index in [1.807, 2.05) is 112 Å². The highest BCUT2D eigenvalue weighted by Crippen LogP contribution is 2.27. The fourth-order valence-corrected chi connectivity index (χ4v) is 4.37. The lowest BCUT2D eigenvalue weighted by Gasteiger charge is -2.10. The Kier molecular flexibility index (Phi) is 12.7. The molecule has 0 bridgehead atoms. The number of aromatic nitrogens is 2. The summed E-state index contributed by atoms with van der Waals surface area (Å²) in [6.07, 6.45) is 2.43. The maximum atomic E-state index is 14.4. The number of hydrogen-bond acceptors (Lipinski definition) is 5. The third kappa shape index (κ3) is 8.97. The molecule has 0 saturated heterocycles. The van der Waals surface area contributed by atoms with Crippen LogP contribution in [0.1, 0.15) is 49.1 Å². The molecule has 1 N–H and O–H groups in total. The van der Waals surface area contributed by atoms with Gasteiger partial charge in [0.2, 0.25) is 5.88 Å². The Hall–Kier alpha value is -4.56. The van der Waals surface area contributed by atoms with Crippen LogP contribution in [0.5, 0.6) is 11.6 Å². The number of rotatable bonds is 11. The lowest BCUT2D eigenvalue weighted by Crippen LogP contribution is -2.02. The highest BCUT2D eigenvalue weighted by molar-refractivity contribution is 5.84. The van der Waals surface area contributed by atoms with Crippen molar-refractivity contribution in [2.45, 2.75) is 33.6 Å². The molecular weight excluding hydrogens is 536 g/mol. The second kappa shape index (κ2) is 16.6. The van der Waals surface area contributed by atoms with Crippen LogP contribution < -0.4 is 4.74 Å². The summed E-state index contributed by atoms with van der Waals surface area (Å²) in [6, 6.07) is 28.1. The van der Waals surface area contributed by atoms with Gasteiger partial charge in [-0.3, -0.25) is 0 Å². The van der Waals surface area contributed by atoms with Crippen molar-refractivity contribution < 1.29 is 23.5 Å². The van der Waals surface area contributed by atoms with Gasteiger partial charge >= 0.3 is 0 Å². The summed E-state index contributed by atoms with van der Waals surface area (Å²) in [5.74, 6) is 0.563. The zero-order valence-electron chi connectivity index (χ0n) is 24.4. The number of nitrogens with zero attached hydrogens (tertiary/aromatic N) is 3. The van der Waals surface area contributed by atoms with Crippen LogP contribution in [0.25, 0.3) is 11.1 Å². The lowest BCUT2D eigenvalue weighted by molar-refractivity contribution is 0.151. The first-order valence-electron chi connectivity index (χ1n) is 13.8. The van der Waals surface area contributed by atoms with E-state index in [2.05, 4.69) is 10.3 Å². The number of hydrogen-bond donors (Lipinski definition) is 1. The average molecular weight is 574 g/mol. The van der Waals surface area contributed by atoms with Crippen LogP contribution in [0, 0.1) is 6.92 Å². The molecule has 4 rings (SSSR count). The van der Waals surface area contributed by atoms with Crippen LogP contribution in [0.15, 0.2) is 108 Å². The van der Waals surface area contributed by atoms with Crippen LogP contribution in [-0.2, 0) is 11.8 Å². The standard InChI is InChI=1S/C22H24F2O.C12H13N3O2/c1-3-19(17-11-7-5-8-12-17)21(23)15-25-16-22(24)20(4-2)18-13-9-6-10-14-18;1-9-11(8-13-16)12(15(2)14-9)17-10-6-4-3-5-7-10/h5-14H,3-4,15-16H2,1-2H3;3-8,16H,1-2H3. The van der Waals surface area contributed by atoms with Crippen molar-refractivity contribution in [3.63, 3.8) is 0 Å². The SMILES string of the molecule is CCC(=C(F)COCC(F)=C(CC)c1ccccc1)c1ccccc1.Cc1nn(C)c(Oc2ccccc2)c1C=NO. The van der Waals surface area contributed by atoms with Gasteiger partial charge in [0.25, 0.3) is 0 Å². The number of oxime groups is 1. The Morgan fingerprint density at radius 1 is 0.810 bits per heavy atom. The fourth-order valence-electron chi connectivity index (χ4n) is 4.37. The predicted octanol–water partition coefficient (Wildman–Crippen LogP) is 8.91. The van der Waals surface area contributed by atoms with Crippen molar-refractivity contribution in [1.29, 1.82) is 0 Å². The normalized spacial score (nSPS) is 12.3. The maximum absolute atomic E-state index is 14.4. The van der Waals surface area contributed by atoms with Gasteiger partial charge in [0, 0.05) is 7.05 Å². The van der Waals surface area contributed by atoms with Crippen LogP contribution in [0.2, 0.25) is 0 Å². The minimum absolute atomic E-state index is 0.225. The van der Waals surface area contributed by atoms with Gasteiger partial charge < -0.3 is 14.7 Å². The number of benzene rings is 3. The van der Waals surface area contributed by atoms with Crippen molar-refractivity contribution in [2.24, 2.45) is 12.2 Å². The molecule has 0 spiro atoms. The Morgan fingerprint density at radius 2 is 1.26 bits per heavy atom. The Bertz CT molecular complexity index is 1420. The zero-order chi connectivity index (χ0) is 30.3. The summed E-state index contributed by atoms with van der Waals surface area (Å²) in [5.41, 5.74) is 4.28. The molecule has 0 aliphatic heterocycles. The minimum Gasteiger partial charge on any atom is -0.439 e. The molecule has 220 valence electrons. The monoisotopic (exact) mass is 573 g/mol. The van der Waals surface area contributed by atoms with Crippen LogP contribution >= 0.6 is 0 Å². The van der Waals surface area contributed by atoms with Gasteiger partial charge in [-0.05, 0) is 54.2 Å².